The van der Waals surface area contributed by atoms with Crippen LogP contribution in [0.1, 0.15) is 65.3 Å². The molecule has 1 atom stereocenters. The maximum atomic E-state index is 13.1. The first-order chi connectivity index (χ1) is 16.5. The van der Waals surface area contributed by atoms with Crippen LogP contribution in [0.3, 0.4) is 0 Å². The molecule has 2 aliphatic rings. The van der Waals surface area contributed by atoms with Crippen molar-refractivity contribution in [1.82, 2.24) is 15.2 Å². The zero-order valence-corrected chi connectivity index (χ0v) is 23.1. The highest BCUT2D eigenvalue weighted by molar-refractivity contribution is 9.10. The third-order valence-electron chi connectivity index (χ3n) is 7.42. The summed E-state index contributed by atoms with van der Waals surface area (Å²) in [6.45, 7) is 8.88. The van der Waals surface area contributed by atoms with Crippen molar-refractivity contribution in [1.29, 1.82) is 0 Å². The number of hydrogen-bond acceptors (Lipinski definition) is 5. The maximum Gasteiger partial charge on any atom is 0.253 e. The summed E-state index contributed by atoms with van der Waals surface area (Å²) < 4.78 is 13.6. The molecule has 8 heteroatoms. The van der Waals surface area contributed by atoms with E-state index < -0.39 is 5.79 Å². The molecule has 1 saturated carbocycles. The number of carbonyl (C=O) groups is 1. The van der Waals surface area contributed by atoms with Gasteiger partial charge in [-0.25, -0.2) is 0 Å². The van der Waals surface area contributed by atoms with Crippen LogP contribution < -0.4 is 20.3 Å². The second kappa shape index (κ2) is 9.97. The van der Waals surface area contributed by atoms with E-state index in [1.807, 2.05) is 33.8 Å². The first kappa shape index (κ1) is 25.8. The van der Waals surface area contributed by atoms with Crippen LogP contribution in [-0.4, -0.2) is 42.2 Å². The standard InChI is InChI=1S/C27H36BrN3O4/c1-15-11-16(2)30-26(33)21(15)13-29-25(32)20-12-22(28)24-23(17(20)3)34-27(4,35-24)19-9-7-18(8-10-19)14-31(5)6/h11-12,18-19H,7-10,13-14H2,1-6H3,(H,29,32)(H,30,33)/t18-,19-,27?. The van der Waals surface area contributed by atoms with Crippen molar-refractivity contribution >= 4 is 21.8 Å². The summed E-state index contributed by atoms with van der Waals surface area (Å²) in [5.74, 6) is 1.26. The number of H-pyrrole nitrogens is 1. The predicted octanol–water partition coefficient (Wildman–Crippen LogP) is 4.85. The Hall–Kier alpha value is -2.32. The minimum atomic E-state index is -0.750. The summed E-state index contributed by atoms with van der Waals surface area (Å²) in [4.78, 5) is 30.5. The Bertz CT molecular complexity index is 1180. The first-order valence-corrected chi connectivity index (χ1v) is 13.1. The van der Waals surface area contributed by atoms with Crippen LogP contribution in [0.2, 0.25) is 0 Å². The van der Waals surface area contributed by atoms with E-state index in [4.69, 9.17) is 9.47 Å². The van der Waals surface area contributed by atoms with Gasteiger partial charge in [-0.2, -0.15) is 0 Å². The first-order valence-electron chi connectivity index (χ1n) is 12.3. The number of rotatable bonds is 6. The molecular formula is C27H36BrN3O4. The summed E-state index contributed by atoms with van der Waals surface area (Å²) in [5.41, 5.74) is 3.26. The molecule has 0 saturated heterocycles. The summed E-state index contributed by atoms with van der Waals surface area (Å²) >= 11 is 3.59. The van der Waals surface area contributed by atoms with Crippen LogP contribution in [0.15, 0.2) is 21.4 Å². The van der Waals surface area contributed by atoms with Crippen LogP contribution in [0.4, 0.5) is 0 Å². The normalized spacial score (nSPS) is 23.5. The highest BCUT2D eigenvalue weighted by Crippen LogP contribution is 2.52. The molecule has 2 aromatic rings. The SMILES string of the molecule is Cc1cc(C)c(CNC(=O)c2cc(Br)c3c(c2C)OC(C)([C@H]2CC[C@H](CN(C)C)CC2)O3)c(=O)[nH]1. The Kier molecular flexibility index (Phi) is 7.34. The van der Waals surface area contributed by atoms with Gasteiger partial charge in [-0.3, -0.25) is 9.59 Å². The molecule has 0 bridgehead atoms. The minimum Gasteiger partial charge on any atom is -0.448 e. The van der Waals surface area contributed by atoms with E-state index in [9.17, 15) is 9.59 Å². The quantitative estimate of drug-likeness (QED) is 0.542. The summed E-state index contributed by atoms with van der Waals surface area (Å²) in [6, 6.07) is 3.68. The number of aromatic nitrogens is 1. The molecule has 2 N–H and O–H groups in total. The van der Waals surface area contributed by atoms with Crippen molar-refractivity contribution in [3.05, 3.63) is 54.9 Å². The Morgan fingerprint density at radius 3 is 2.43 bits per heavy atom. The van der Waals surface area contributed by atoms with Crippen molar-refractivity contribution in [2.24, 2.45) is 11.8 Å². The molecule has 190 valence electrons. The fourth-order valence-corrected chi connectivity index (χ4v) is 5.99. The number of pyridine rings is 1. The summed E-state index contributed by atoms with van der Waals surface area (Å²) in [5, 5.41) is 2.90. The van der Waals surface area contributed by atoms with E-state index in [0.717, 1.165) is 49.0 Å². The number of halogens is 1. The predicted molar refractivity (Wildman–Crippen MR) is 140 cm³/mol. The van der Waals surface area contributed by atoms with Crippen LogP contribution in [0.25, 0.3) is 0 Å². The largest absolute Gasteiger partial charge is 0.448 e. The molecule has 0 spiro atoms. The second-order valence-corrected chi connectivity index (χ2v) is 11.4. The highest BCUT2D eigenvalue weighted by Gasteiger charge is 2.47. The van der Waals surface area contributed by atoms with Gasteiger partial charge in [-0.05, 0) is 100 Å². The molecule has 0 radical (unpaired) electrons. The number of aryl methyl sites for hydroxylation is 2. The van der Waals surface area contributed by atoms with E-state index in [1.165, 1.54) is 0 Å². The van der Waals surface area contributed by atoms with Gasteiger partial charge < -0.3 is 24.7 Å². The number of benzene rings is 1. The van der Waals surface area contributed by atoms with Gasteiger partial charge in [0.2, 0.25) is 0 Å². The minimum absolute atomic E-state index is 0.152. The van der Waals surface area contributed by atoms with Crippen molar-refractivity contribution in [2.45, 2.75) is 65.7 Å². The molecule has 1 aliphatic carbocycles. The van der Waals surface area contributed by atoms with Gasteiger partial charge in [0.25, 0.3) is 17.3 Å². The Morgan fingerprint density at radius 1 is 1.14 bits per heavy atom. The summed E-state index contributed by atoms with van der Waals surface area (Å²) in [7, 11) is 4.25. The number of fused-ring (bicyclic) bond motifs is 1. The molecular weight excluding hydrogens is 510 g/mol. The number of aromatic amines is 1. The van der Waals surface area contributed by atoms with Crippen LogP contribution >= 0.6 is 15.9 Å². The fraction of sp³-hybridized carbons (Fsp3) is 0.556. The number of nitrogens with zero attached hydrogens (tertiary/aromatic N) is 1. The Labute approximate surface area is 215 Å². The highest BCUT2D eigenvalue weighted by atomic mass is 79.9. The smallest absolute Gasteiger partial charge is 0.253 e. The zero-order valence-electron chi connectivity index (χ0n) is 21.5. The fourth-order valence-electron chi connectivity index (χ4n) is 5.50. The molecule has 35 heavy (non-hydrogen) atoms. The molecule has 1 aromatic carbocycles. The van der Waals surface area contributed by atoms with Gasteiger partial charge in [0.05, 0.1) is 4.47 Å². The van der Waals surface area contributed by atoms with Crippen molar-refractivity contribution in [3.8, 4) is 11.5 Å². The van der Waals surface area contributed by atoms with Gasteiger partial charge in [0, 0.05) is 48.3 Å². The lowest BCUT2D eigenvalue weighted by molar-refractivity contribution is -0.123. The van der Waals surface area contributed by atoms with Crippen molar-refractivity contribution < 1.29 is 14.3 Å². The molecule has 7 nitrogen and oxygen atoms in total. The molecule has 4 rings (SSSR count). The molecule has 1 aliphatic heterocycles. The second-order valence-electron chi connectivity index (χ2n) is 10.5. The third-order valence-corrected chi connectivity index (χ3v) is 8.01. The van der Waals surface area contributed by atoms with E-state index in [-0.39, 0.29) is 23.9 Å². The van der Waals surface area contributed by atoms with Gasteiger partial charge >= 0.3 is 0 Å². The zero-order chi connectivity index (χ0) is 25.5. The van der Waals surface area contributed by atoms with Gasteiger partial charge in [-0.15, -0.1) is 0 Å². The topological polar surface area (TPSA) is 83.7 Å². The van der Waals surface area contributed by atoms with Crippen LogP contribution in [0, 0.1) is 32.6 Å². The molecule has 1 fully saturated rings. The molecule has 1 unspecified atom stereocenters. The van der Waals surface area contributed by atoms with E-state index in [1.54, 1.807) is 6.07 Å². The Morgan fingerprint density at radius 2 is 1.80 bits per heavy atom. The van der Waals surface area contributed by atoms with Gasteiger partial charge in [-0.1, -0.05) is 0 Å². The van der Waals surface area contributed by atoms with Crippen LogP contribution in [0.5, 0.6) is 11.5 Å². The molecule has 2 heterocycles. The number of amides is 1. The third kappa shape index (κ3) is 5.28. The molecule has 1 aromatic heterocycles. The lowest BCUT2D eigenvalue weighted by Gasteiger charge is -2.37. The lowest BCUT2D eigenvalue weighted by Crippen LogP contribution is -2.45. The van der Waals surface area contributed by atoms with Gasteiger partial charge in [0.15, 0.2) is 11.5 Å². The number of nitrogens with one attached hydrogen (secondary N) is 2. The van der Waals surface area contributed by atoms with Crippen molar-refractivity contribution in [2.75, 3.05) is 20.6 Å². The lowest BCUT2D eigenvalue weighted by atomic mass is 9.78. The van der Waals surface area contributed by atoms with Crippen molar-refractivity contribution in [3.63, 3.8) is 0 Å². The van der Waals surface area contributed by atoms with E-state index in [0.29, 0.717) is 33.0 Å². The number of ether oxygens (including phenoxy) is 2. The maximum absolute atomic E-state index is 13.1. The average molecular weight is 547 g/mol. The average Bonchev–Trinajstić information content (AvgIpc) is 3.15. The monoisotopic (exact) mass is 545 g/mol. The van der Waals surface area contributed by atoms with Crippen LogP contribution in [-0.2, 0) is 6.54 Å². The van der Waals surface area contributed by atoms with E-state index >= 15 is 0 Å². The number of carbonyl (C=O) groups excluding carboxylic acids is 1. The molecule has 1 amide bonds. The Balaban J connectivity index is 1.49. The van der Waals surface area contributed by atoms with Gasteiger partial charge in [0.1, 0.15) is 0 Å². The van der Waals surface area contributed by atoms with E-state index in [2.05, 4.69) is 45.2 Å². The number of hydrogen-bond donors (Lipinski definition) is 2. The summed E-state index contributed by atoms with van der Waals surface area (Å²) in [6.07, 6.45) is 4.43.